The molecule has 2 aromatic carbocycles. The summed E-state index contributed by atoms with van der Waals surface area (Å²) in [6, 6.07) is 14.3. The van der Waals surface area contributed by atoms with Crippen molar-refractivity contribution in [1.82, 2.24) is 9.78 Å². The summed E-state index contributed by atoms with van der Waals surface area (Å²) in [4.78, 5) is 25.2. The summed E-state index contributed by atoms with van der Waals surface area (Å²) in [6.45, 7) is 1.98. The van der Waals surface area contributed by atoms with Gasteiger partial charge in [-0.25, -0.2) is 0 Å². The van der Waals surface area contributed by atoms with Crippen LogP contribution in [0, 0.1) is 0 Å². The number of esters is 1. The predicted octanol–water partition coefficient (Wildman–Crippen LogP) is 3.20. The molecule has 0 fully saturated rings. The van der Waals surface area contributed by atoms with E-state index in [0.717, 1.165) is 0 Å². The van der Waals surface area contributed by atoms with Crippen LogP contribution in [0.1, 0.15) is 12.7 Å². The van der Waals surface area contributed by atoms with Crippen molar-refractivity contribution in [3.05, 3.63) is 64.6 Å². The van der Waals surface area contributed by atoms with Gasteiger partial charge in [0.05, 0.1) is 19.4 Å². The van der Waals surface area contributed by atoms with Crippen LogP contribution in [0.15, 0.2) is 57.7 Å². The second-order valence-corrected chi connectivity index (χ2v) is 6.14. The van der Waals surface area contributed by atoms with Crippen molar-refractivity contribution in [3.63, 3.8) is 0 Å². The fourth-order valence-electron chi connectivity index (χ4n) is 3.14. The van der Waals surface area contributed by atoms with Gasteiger partial charge < -0.3 is 13.9 Å². The van der Waals surface area contributed by atoms with E-state index >= 15 is 0 Å². The molecule has 7 nitrogen and oxygen atoms in total. The molecule has 0 aromatic heterocycles. The van der Waals surface area contributed by atoms with E-state index in [2.05, 4.69) is 5.10 Å². The van der Waals surface area contributed by atoms with Crippen LogP contribution in [0.5, 0.6) is 5.75 Å². The minimum Gasteiger partial charge on any atom is -0.497 e. The van der Waals surface area contributed by atoms with Crippen LogP contribution in [0.25, 0.3) is 27.9 Å². The lowest BCUT2D eigenvalue weighted by Crippen LogP contribution is -2.17. The van der Waals surface area contributed by atoms with E-state index in [1.54, 1.807) is 44.4 Å². The highest BCUT2D eigenvalue weighted by molar-refractivity contribution is 5.93. The molecule has 0 saturated heterocycles. The maximum atomic E-state index is 13.1. The summed E-state index contributed by atoms with van der Waals surface area (Å²) in [5, 5.41) is 5.23. The van der Waals surface area contributed by atoms with E-state index < -0.39 is 5.97 Å². The van der Waals surface area contributed by atoms with Gasteiger partial charge in [-0.15, -0.1) is 0 Å². The number of carbonyl (C=O) groups excluding carboxylic acids is 1. The maximum Gasteiger partial charge on any atom is 0.313 e. The normalized spacial score (nSPS) is 11.1. The number of rotatable bonds is 5. The van der Waals surface area contributed by atoms with Crippen molar-refractivity contribution in [1.29, 1.82) is 0 Å². The smallest absolute Gasteiger partial charge is 0.313 e. The second kappa shape index (κ2) is 7.19. The molecule has 0 N–H and O–H groups in total. The highest BCUT2D eigenvalue weighted by atomic mass is 16.5. The summed E-state index contributed by atoms with van der Waals surface area (Å²) >= 11 is 0. The average Bonchev–Trinajstić information content (AvgIpc) is 3.06. The number of aromatic nitrogens is 2. The SMILES string of the molecule is CCOC(=O)Cc1oc2ccccc2c2nn(-c3ccc(OC)cc3)c(=O)c1-2. The van der Waals surface area contributed by atoms with Gasteiger partial charge in [0.2, 0.25) is 0 Å². The molecule has 0 radical (unpaired) electrons. The van der Waals surface area contributed by atoms with Gasteiger partial charge in [0.1, 0.15) is 34.8 Å². The first-order chi connectivity index (χ1) is 13.6. The Hall–Kier alpha value is -3.61. The number of carbonyl (C=O) groups is 1. The van der Waals surface area contributed by atoms with Crippen LogP contribution in [-0.2, 0) is 16.0 Å². The molecule has 4 rings (SSSR count). The van der Waals surface area contributed by atoms with Crippen LogP contribution in [0.3, 0.4) is 0 Å². The first-order valence-corrected chi connectivity index (χ1v) is 8.86. The Labute approximate surface area is 160 Å². The molecule has 2 aromatic rings. The number of hydrogen-bond donors (Lipinski definition) is 0. The van der Waals surface area contributed by atoms with Crippen molar-refractivity contribution in [3.8, 4) is 22.7 Å². The molecule has 142 valence electrons. The van der Waals surface area contributed by atoms with Crippen LogP contribution >= 0.6 is 0 Å². The van der Waals surface area contributed by atoms with Crippen LogP contribution in [0.2, 0.25) is 0 Å². The lowest BCUT2D eigenvalue weighted by atomic mass is 10.1. The van der Waals surface area contributed by atoms with E-state index in [1.807, 2.05) is 18.2 Å². The first-order valence-electron chi connectivity index (χ1n) is 8.86. The molecule has 0 bridgehead atoms. The molecule has 0 unspecified atom stereocenters. The number of ether oxygens (including phenoxy) is 2. The molecule has 2 aliphatic heterocycles. The molecule has 0 atom stereocenters. The molecule has 0 amide bonds. The van der Waals surface area contributed by atoms with Gasteiger partial charge in [0.15, 0.2) is 0 Å². The van der Waals surface area contributed by atoms with Crippen LogP contribution < -0.4 is 10.3 Å². The Kier molecular flexibility index (Phi) is 4.57. The topological polar surface area (TPSA) is 83.6 Å². The Morgan fingerprint density at radius 3 is 2.61 bits per heavy atom. The summed E-state index contributed by atoms with van der Waals surface area (Å²) in [5.74, 6) is 0.465. The van der Waals surface area contributed by atoms with E-state index in [0.29, 0.717) is 28.1 Å². The Morgan fingerprint density at radius 1 is 1.14 bits per heavy atom. The fraction of sp³-hybridized carbons (Fsp3) is 0.190. The van der Waals surface area contributed by atoms with Crippen LogP contribution in [-0.4, -0.2) is 29.5 Å². The minimum atomic E-state index is -0.459. The van der Waals surface area contributed by atoms with Gasteiger partial charge in [-0.05, 0) is 43.3 Å². The lowest BCUT2D eigenvalue weighted by Gasteiger charge is -2.08. The Bertz CT molecular complexity index is 1170. The monoisotopic (exact) mass is 378 g/mol. The first kappa shape index (κ1) is 17.8. The van der Waals surface area contributed by atoms with E-state index in [4.69, 9.17) is 13.9 Å². The molecule has 0 aliphatic carbocycles. The molecule has 0 spiro atoms. The number of nitrogens with zero attached hydrogens (tertiary/aromatic N) is 2. The quantitative estimate of drug-likeness (QED) is 0.496. The third-order valence-corrected chi connectivity index (χ3v) is 4.42. The van der Waals surface area contributed by atoms with Crippen LogP contribution in [0.4, 0.5) is 0 Å². The molecular weight excluding hydrogens is 360 g/mol. The average molecular weight is 378 g/mol. The Balaban J connectivity index is 1.95. The second-order valence-electron chi connectivity index (χ2n) is 6.14. The molecule has 28 heavy (non-hydrogen) atoms. The number of benzene rings is 2. The summed E-state index contributed by atoms with van der Waals surface area (Å²) in [6.07, 6.45) is -0.140. The van der Waals surface area contributed by atoms with Gasteiger partial charge in [0.25, 0.3) is 5.56 Å². The summed E-state index contributed by atoms with van der Waals surface area (Å²) < 4.78 is 17.4. The Morgan fingerprint density at radius 2 is 1.89 bits per heavy atom. The largest absolute Gasteiger partial charge is 0.497 e. The summed E-state index contributed by atoms with van der Waals surface area (Å²) in [7, 11) is 1.57. The van der Waals surface area contributed by atoms with Gasteiger partial charge in [-0.2, -0.15) is 9.78 Å². The number of fused-ring (bicyclic) bond motifs is 3. The van der Waals surface area contributed by atoms with Gasteiger partial charge >= 0.3 is 5.97 Å². The van der Waals surface area contributed by atoms with Crippen molar-refractivity contribution in [2.75, 3.05) is 13.7 Å². The highest BCUT2D eigenvalue weighted by Crippen LogP contribution is 2.32. The molecule has 0 saturated carbocycles. The fourth-order valence-corrected chi connectivity index (χ4v) is 3.14. The third-order valence-electron chi connectivity index (χ3n) is 4.42. The van der Waals surface area contributed by atoms with Gasteiger partial charge in [-0.1, -0.05) is 12.1 Å². The van der Waals surface area contributed by atoms with Crippen molar-refractivity contribution in [2.45, 2.75) is 13.3 Å². The standard InChI is InChI=1S/C21H18N2O5/c1-3-27-18(24)12-17-19-20(15-6-4-5-7-16(15)28-17)22-23(21(19)25)13-8-10-14(26-2)11-9-13/h4-11H,3,12H2,1-2H3. The van der Waals surface area contributed by atoms with E-state index in [1.165, 1.54) is 4.68 Å². The van der Waals surface area contributed by atoms with E-state index in [-0.39, 0.29) is 29.9 Å². The van der Waals surface area contributed by atoms with Gasteiger partial charge in [0, 0.05) is 5.39 Å². The van der Waals surface area contributed by atoms with Crippen molar-refractivity contribution < 1.29 is 18.7 Å². The molecule has 2 aliphatic rings. The maximum absolute atomic E-state index is 13.1. The molecule has 7 heteroatoms. The van der Waals surface area contributed by atoms with Gasteiger partial charge in [-0.3, -0.25) is 9.59 Å². The molecule has 2 heterocycles. The lowest BCUT2D eigenvalue weighted by molar-refractivity contribution is -0.142. The van der Waals surface area contributed by atoms with Crippen molar-refractivity contribution >= 4 is 16.9 Å². The van der Waals surface area contributed by atoms with Crippen molar-refractivity contribution in [2.24, 2.45) is 0 Å². The third kappa shape index (κ3) is 3.00. The predicted molar refractivity (Wildman–Crippen MR) is 103 cm³/mol. The number of hydrogen-bond acceptors (Lipinski definition) is 6. The molecular formula is C21H18N2O5. The zero-order valence-electron chi connectivity index (χ0n) is 15.5. The van der Waals surface area contributed by atoms with E-state index in [9.17, 15) is 9.59 Å². The minimum absolute atomic E-state index is 0.140. The summed E-state index contributed by atoms with van der Waals surface area (Å²) in [5.41, 5.74) is 1.56. The zero-order chi connectivity index (χ0) is 19.7. The highest BCUT2D eigenvalue weighted by Gasteiger charge is 2.26. The zero-order valence-corrected chi connectivity index (χ0v) is 15.5. The number of methoxy groups -OCH3 is 1. The number of para-hydroxylation sites is 1.